The molecule has 116 valence electrons. The smallest absolute Gasteiger partial charge is 0.267 e. The summed E-state index contributed by atoms with van der Waals surface area (Å²) < 4.78 is 40.7. The summed E-state index contributed by atoms with van der Waals surface area (Å²) in [6.45, 7) is 3.37. The lowest BCUT2D eigenvalue weighted by molar-refractivity contribution is 0.0977. The van der Waals surface area contributed by atoms with Gasteiger partial charge in [0.2, 0.25) is 0 Å². The minimum absolute atomic E-state index is 0.00151. The van der Waals surface area contributed by atoms with Crippen molar-refractivity contribution in [3.63, 3.8) is 0 Å². The van der Waals surface area contributed by atoms with Crippen LogP contribution in [0.25, 0.3) is 0 Å². The largest absolute Gasteiger partial charge is 0.268 e. The molecule has 2 rings (SSSR count). The lowest BCUT2D eigenvalue weighted by Gasteiger charge is -2.10. The van der Waals surface area contributed by atoms with Crippen molar-refractivity contribution >= 4 is 31.9 Å². The molecule has 2 aromatic carbocycles. The highest BCUT2D eigenvalue weighted by atomic mass is 79.9. The van der Waals surface area contributed by atoms with Crippen molar-refractivity contribution in [1.82, 2.24) is 4.72 Å². The minimum atomic E-state index is -4.07. The molecule has 0 spiro atoms. The van der Waals surface area contributed by atoms with Gasteiger partial charge in [0.15, 0.2) is 0 Å². The van der Waals surface area contributed by atoms with E-state index in [9.17, 15) is 17.6 Å². The van der Waals surface area contributed by atoms with Gasteiger partial charge in [-0.05, 0) is 49.2 Å². The maximum Gasteiger partial charge on any atom is 0.267 e. The van der Waals surface area contributed by atoms with Crippen LogP contribution in [0.4, 0.5) is 4.39 Å². The fourth-order valence-corrected chi connectivity index (χ4v) is 3.53. The second-order valence-corrected chi connectivity index (χ2v) is 7.39. The Kier molecular flexibility index (Phi) is 4.67. The first-order valence-electron chi connectivity index (χ1n) is 6.30. The predicted octanol–water partition coefficient (Wildman–Crippen LogP) is 3.32. The lowest BCUT2D eigenvalue weighted by atomic mass is 10.2. The van der Waals surface area contributed by atoms with Gasteiger partial charge >= 0.3 is 0 Å². The molecule has 0 aliphatic rings. The normalized spacial score (nSPS) is 11.3. The van der Waals surface area contributed by atoms with Gasteiger partial charge in [-0.2, -0.15) is 0 Å². The SMILES string of the molecule is Cc1ccc(C)c(S(=O)(=O)NC(=O)c2ccc(Br)cc2F)c1. The second-order valence-electron chi connectivity index (χ2n) is 4.83. The Morgan fingerprint density at radius 3 is 2.45 bits per heavy atom. The Labute approximate surface area is 136 Å². The number of aryl methyl sites for hydroxylation is 2. The molecule has 1 amide bonds. The molecule has 2 aromatic rings. The van der Waals surface area contributed by atoms with Crippen LogP contribution in [0.1, 0.15) is 21.5 Å². The van der Waals surface area contributed by atoms with Gasteiger partial charge < -0.3 is 0 Å². The third-order valence-electron chi connectivity index (χ3n) is 3.04. The van der Waals surface area contributed by atoms with Crippen LogP contribution in [-0.2, 0) is 10.0 Å². The topological polar surface area (TPSA) is 63.2 Å². The van der Waals surface area contributed by atoms with Crippen molar-refractivity contribution in [2.45, 2.75) is 18.7 Å². The molecule has 0 atom stereocenters. The van der Waals surface area contributed by atoms with Crippen LogP contribution >= 0.6 is 15.9 Å². The number of amides is 1. The molecule has 0 aromatic heterocycles. The number of halogens is 2. The fraction of sp³-hybridized carbons (Fsp3) is 0.133. The summed E-state index contributed by atoms with van der Waals surface area (Å²) in [7, 11) is -4.07. The molecule has 0 radical (unpaired) electrons. The molecule has 22 heavy (non-hydrogen) atoms. The van der Waals surface area contributed by atoms with E-state index >= 15 is 0 Å². The monoisotopic (exact) mass is 385 g/mol. The van der Waals surface area contributed by atoms with Gasteiger partial charge in [0.05, 0.1) is 10.5 Å². The van der Waals surface area contributed by atoms with Gasteiger partial charge in [-0.25, -0.2) is 17.5 Å². The van der Waals surface area contributed by atoms with Crippen molar-refractivity contribution < 1.29 is 17.6 Å². The third-order valence-corrected chi connectivity index (χ3v) is 5.00. The molecule has 0 aliphatic heterocycles. The summed E-state index contributed by atoms with van der Waals surface area (Å²) in [5.41, 5.74) is 0.910. The van der Waals surface area contributed by atoms with Crippen LogP contribution in [0.3, 0.4) is 0 Å². The summed E-state index contributed by atoms with van der Waals surface area (Å²) in [4.78, 5) is 12.0. The van der Waals surface area contributed by atoms with E-state index < -0.39 is 21.7 Å². The molecule has 0 aliphatic carbocycles. The van der Waals surface area contributed by atoms with Crippen molar-refractivity contribution in [1.29, 1.82) is 0 Å². The molecule has 0 fully saturated rings. The van der Waals surface area contributed by atoms with E-state index in [0.29, 0.717) is 10.0 Å². The van der Waals surface area contributed by atoms with Crippen molar-refractivity contribution in [2.75, 3.05) is 0 Å². The van der Waals surface area contributed by atoms with Gasteiger partial charge in [-0.3, -0.25) is 4.79 Å². The van der Waals surface area contributed by atoms with E-state index in [2.05, 4.69) is 15.9 Å². The fourth-order valence-electron chi connectivity index (χ4n) is 1.90. The number of carbonyl (C=O) groups is 1. The summed E-state index contributed by atoms with van der Waals surface area (Å²) in [5.74, 6) is -1.81. The summed E-state index contributed by atoms with van der Waals surface area (Å²) >= 11 is 3.07. The van der Waals surface area contributed by atoms with Crippen LogP contribution in [0.5, 0.6) is 0 Å². The molecular weight excluding hydrogens is 373 g/mol. The number of hydrogen-bond donors (Lipinski definition) is 1. The Bertz CT molecular complexity index is 850. The zero-order valence-corrected chi connectivity index (χ0v) is 14.3. The maximum absolute atomic E-state index is 13.7. The highest BCUT2D eigenvalue weighted by Gasteiger charge is 2.22. The lowest BCUT2D eigenvalue weighted by Crippen LogP contribution is -2.31. The number of sulfonamides is 1. The molecule has 0 unspecified atom stereocenters. The van der Waals surface area contributed by atoms with Crippen molar-refractivity contribution in [3.05, 3.63) is 63.4 Å². The molecule has 4 nitrogen and oxygen atoms in total. The summed E-state index contributed by atoms with van der Waals surface area (Å²) in [5, 5.41) is 0. The zero-order valence-electron chi connectivity index (χ0n) is 11.9. The highest BCUT2D eigenvalue weighted by molar-refractivity contribution is 9.10. The van der Waals surface area contributed by atoms with Crippen LogP contribution in [0, 0.1) is 19.7 Å². The molecule has 0 saturated carbocycles. The zero-order chi connectivity index (χ0) is 16.5. The Hall–Kier alpha value is -1.73. The Balaban J connectivity index is 2.36. The number of hydrogen-bond acceptors (Lipinski definition) is 3. The second kappa shape index (κ2) is 6.18. The predicted molar refractivity (Wildman–Crippen MR) is 84.7 cm³/mol. The number of rotatable bonds is 3. The minimum Gasteiger partial charge on any atom is -0.268 e. The van der Waals surface area contributed by atoms with Crippen LogP contribution < -0.4 is 4.72 Å². The van der Waals surface area contributed by atoms with Crippen molar-refractivity contribution in [3.8, 4) is 0 Å². The first kappa shape index (κ1) is 16.6. The quantitative estimate of drug-likeness (QED) is 0.881. The molecule has 0 bridgehead atoms. The van der Waals surface area contributed by atoms with Crippen LogP contribution in [-0.4, -0.2) is 14.3 Å². The van der Waals surface area contributed by atoms with Gasteiger partial charge in [0.1, 0.15) is 5.82 Å². The first-order valence-corrected chi connectivity index (χ1v) is 8.58. The van der Waals surface area contributed by atoms with Gasteiger partial charge in [0, 0.05) is 4.47 Å². The summed E-state index contributed by atoms with van der Waals surface area (Å²) in [6.07, 6.45) is 0. The van der Waals surface area contributed by atoms with E-state index in [1.54, 1.807) is 26.0 Å². The third kappa shape index (κ3) is 3.53. The van der Waals surface area contributed by atoms with Gasteiger partial charge in [-0.1, -0.05) is 28.1 Å². The van der Waals surface area contributed by atoms with Crippen molar-refractivity contribution in [2.24, 2.45) is 0 Å². The molecular formula is C15H13BrFNO3S. The standard InChI is InChI=1S/C15H13BrFNO3S/c1-9-3-4-10(2)14(7-9)22(20,21)18-15(19)12-6-5-11(16)8-13(12)17/h3-8H,1-2H3,(H,18,19). The molecule has 0 saturated heterocycles. The first-order chi connectivity index (χ1) is 10.2. The van der Waals surface area contributed by atoms with Crippen LogP contribution in [0.2, 0.25) is 0 Å². The molecule has 1 N–H and O–H groups in total. The Morgan fingerprint density at radius 2 is 1.82 bits per heavy atom. The Morgan fingerprint density at radius 1 is 1.14 bits per heavy atom. The van der Waals surface area contributed by atoms with E-state index in [0.717, 1.165) is 11.6 Å². The van der Waals surface area contributed by atoms with Crippen LogP contribution in [0.15, 0.2) is 45.8 Å². The average molecular weight is 386 g/mol. The van der Waals surface area contributed by atoms with E-state index in [4.69, 9.17) is 0 Å². The molecule has 7 heteroatoms. The molecule has 0 heterocycles. The van der Waals surface area contributed by atoms with Gasteiger partial charge in [-0.15, -0.1) is 0 Å². The summed E-state index contributed by atoms with van der Waals surface area (Å²) in [6, 6.07) is 8.65. The highest BCUT2D eigenvalue weighted by Crippen LogP contribution is 2.19. The number of carbonyl (C=O) groups excluding carboxylic acids is 1. The van der Waals surface area contributed by atoms with E-state index in [1.807, 2.05) is 4.72 Å². The maximum atomic E-state index is 13.7. The number of nitrogens with one attached hydrogen (secondary N) is 1. The van der Waals surface area contributed by atoms with E-state index in [-0.39, 0.29) is 10.5 Å². The van der Waals surface area contributed by atoms with E-state index in [1.165, 1.54) is 18.2 Å². The van der Waals surface area contributed by atoms with Gasteiger partial charge in [0.25, 0.3) is 15.9 Å². The average Bonchev–Trinajstić information content (AvgIpc) is 2.40. The number of benzene rings is 2.